The number of carbonyl (C=O) groups is 2. The lowest BCUT2D eigenvalue weighted by atomic mass is 10.1. The normalized spacial score (nSPS) is 11.6. The van der Waals surface area contributed by atoms with Crippen molar-refractivity contribution >= 4 is 23.4 Å². The van der Waals surface area contributed by atoms with E-state index in [-0.39, 0.29) is 18.4 Å². The van der Waals surface area contributed by atoms with Gasteiger partial charge in [-0.2, -0.15) is 0 Å². The van der Waals surface area contributed by atoms with E-state index in [2.05, 4.69) is 19.2 Å². The Morgan fingerprint density at radius 1 is 1.00 bits per heavy atom. The number of unbranched alkanes of at least 4 members (excludes halogenated alkanes) is 1. The van der Waals surface area contributed by atoms with E-state index in [1.54, 1.807) is 17.0 Å². The summed E-state index contributed by atoms with van der Waals surface area (Å²) >= 11 is 6.00. The van der Waals surface area contributed by atoms with Gasteiger partial charge in [0.15, 0.2) is 6.61 Å². The first-order chi connectivity index (χ1) is 15.0. The lowest BCUT2D eigenvalue weighted by Gasteiger charge is -2.30. The molecule has 0 saturated heterocycles. The van der Waals surface area contributed by atoms with E-state index < -0.39 is 6.04 Å². The van der Waals surface area contributed by atoms with Gasteiger partial charge in [0.25, 0.3) is 5.91 Å². The standard InChI is InChI=1S/C25H33ClN2O3/c1-4-7-16-27-25(30)23(6-3)28(17-20-8-12-21(26)13-9-20)24(29)18-31-22-14-10-19(5-2)11-15-22/h8-15,23H,4-7,16-18H2,1-3H3,(H,27,30)/t23-/m1/s1. The van der Waals surface area contributed by atoms with E-state index in [0.29, 0.717) is 30.3 Å². The van der Waals surface area contributed by atoms with Crippen LogP contribution in [0.15, 0.2) is 48.5 Å². The van der Waals surface area contributed by atoms with E-state index in [0.717, 1.165) is 24.8 Å². The summed E-state index contributed by atoms with van der Waals surface area (Å²) in [6.07, 6.45) is 3.36. The summed E-state index contributed by atoms with van der Waals surface area (Å²) in [4.78, 5) is 27.6. The third-order valence-electron chi connectivity index (χ3n) is 5.18. The molecule has 0 bridgehead atoms. The molecule has 1 atom stereocenters. The maximum atomic E-state index is 13.1. The summed E-state index contributed by atoms with van der Waals surface area (Å²) in [5.41, 5.74) is 2.11. The van der Waals surface area contributed by atoms with Crippen molar-refractivity contribution in [1.29, 1.82) is 0 Å². The van der Waals surface area contributed by atoms with Crippen molar-refractivity contribution in [3.63, 3.8) is 0 Å². The molecule has 31 heavy (non-hydrogen) atoms. The van der Waals surface area contributed by atoms with Gasteiger partial charge in [-0.15, -0.1) is 0 Å². The van der Waals surface area contributed by atoms with Crippen molar-refractivity contribution in [2.45, 2.75) is 59.0 Å². The van der Waals surface area contributed by atoms with Crippen LogP contribution in [0.4, 0.5) is 0 Å². The predicted octanol–water partition coefficient (Wildman–Crippen LogP) is 5.00. The fourth-order valence-electron chi connectivity index (χ4n) is 3.26. The highest BCUT2D eigenvalue weighted by molar-refractivity contribution is 6.30. The second-order valence-corrected chi connectivity index (χ2v) is 7.94. The van der Waals surface area contributed by atoms with Crippen LogP contribution in [0.3, 0.4) is 0 Å². The number of rotatable bonds is 12. The van der Waals surface area contributed by atoms with Crippen molar-refractivity contribution in [3.8, 4) is 5.75 Å². The van der Waals surface area contributed by atoms with Crippen LogP contribution < -0.4 is 10.1 Å². The van der Waals surface area contributed by atoms with Gasteiger partial charge in [0.1, 0.15) is 11.8 Å². The summed E-state index contributed by atoms with van der Waals surface area (Å²) in [6, 6.07) is 14.5. The van der Waals surface area contributed by atoms with Crippen molar-refractivity contribution in [2.75, 3.05) is 13.2 Å². The van der Waals surface area contributed by atoms with Gasteiger partial charge in [0, 0.05) is 18.1 Å². The summed E-state index contributed by atoms with van der Waals surface area (Å²) in [6.45, 7) is 6.87. The van der Waals surface area contributed by atoms with Crippen LogP contribution in [0.25, 0.3) is 0 Å². The average Bonchev–Trinajstić information content (AvgIpc) is 2.79. The molecule has 0 fully saturated rings. The van der Waals surface area contributed by atoms with Gasteiger partial charge in [-0.3, -0.25) is 9.59 Å². The molecule has 2 rings (SSSR count). The Bertz CT molecular complexity index is 822. The lowest BCUT2D eigenvalue weighted by Crippen LogP contribution is -2.50. The van der Waals surface area contributed by atoms with Gasteiger partial charge in [-0.05, 0) is 54.7 Å². The molecule has 0 radical (unpaired) electrons. The molecule has 0 unspecified atom stereocenters. The quantitative estimate of drug-likeness (QED) is 0.468. The molecule has 0 spiro atoms. The molecular formula is C25H33ClN2O3. The summed E-state index contributed by atoms with van der Waals surface area (Å²) in [5, 5.41) is 3.59. The lowest BCUT2D eigenvalue weighted by molar-refractivity contribution is -0.143. The summed E-state index contributed by atoms with van der Waals surface area (Å²) < 4.78 is 5.73. The van der Waals surface area contributed by atoms with Gasteiger partial charge in [-0.1, -0.05) is 63.1 Å². The number of nitrogens with one attached hydrogen (secondary N) is 1. The molecule has 0 aliphatic rings. The number of amides is 2. The van der Waals surface area contributed by atoms with E-state index in [4.69, 9.17) is 16.3 Å². The van der Waals surface area contributed by atoms with Gasteiger partial charge >= 0.3 is 0 Å². The van der Waals surface area contributed by atoms with Crippen molar-refractivity contribution in [2.24, 2.45) is 0 Å². The minimum Gasteiger partial charge on any atom is -0.484 e. The topological polar surface area (TPSA) is 58.6 Å². The van der Waals surface area contributed by atoms with Crippen LogP contribution in [-0.2, 0) is 22.6 Å². The van der Waals surface area contributed by atoms with E-state index in [1.807, 2.05) is 43.3 Å². The van der Waals surface area contributed by atoms with Crippen molar-refractivity contribution < 1.29 is 14.3 Å². The number of benzene rings is 2. The molecule has 0 aromatic heterocycles. The fraction of sp³-hybridized carbons (Fsp3) is 0.440. The van der Waals surface area contributed by atoms with Crippen LogP contribution in [0.2, 0.25) is 5.02 Å². The molecule has 0 aliphatic carbocycles. The highest BCUT2D eigenvalue weighted by Crippen LogP contribution is 2.17. The van der Waals surface area contributed by atoms with E-state index in [9.17, 15) is 9.59 Å². The van der Waals surface area contributed by atoms with Gasteiger partial charge < -0.3 is 15.0 Å². The third kappa shape index (κ3) is 7.91. The van der Waals surface area contributed by atoms with Crippen LogP contribution in [-0.4, -0.2) is 35.9 Å². The molecule has 0 heterocycles. The zero-order valence-corrected chi connectivity index (χ0v) is 19.5. The molecule has 6 heteroatoms. The number of ether oxygens (including phenoxy) is 1. The van der Waals surface area contributed by atoms with E-state index in [1.165, 1.54) is 5.56 Å². The average molecular weight is 445 g/mol. The first kappa shape index (κ1) is 24.7. The molecule has 0 aliphatic heterocycles. The van der Waals surface area contributed by atoms with Crippen LogP contribution >= 0.6 is 11.6 Å². The van der Waals surface area contributed by atoms with Gasteiger partial charge in [0.2, 0.25) is 5.91 Å². The molecule has 0 saturated carbocycles. The molecule has 2 amide bonds. The summed E-state index contributed by atoms with van der Waals surface area (Å²) in [5.74, 6) is 0.273. The number of halogens is 1. The Morgan fingerprint density at radius 3 is 2.23 bits per heavy atom. The minimum absolute atomic E-state index is 0.127. The number of aryl methyl sites for hydroxylation is 1. The number of hydrogen-bond donors (Lipinski definition) is 1. The SMILES string of the molecule is CCCCNC(=O)[C@@H](CC)N(Cc1ccc(Cl)cc1)C(=O)COc1ccc(CC)cc1. The first-order valence-corrected chi connectivity index (χ1v) is 11.4. The molecule has 2 aromatic carbocycles. The summed E-state index contributed by atoms with van der Waals surface area (Å²) in [7, 11) is 0. The maximum absolute atomic E-state index is 13.1. The Labute approximate surface area is 190 Å². The van der Waals surface area contributed by atoms with Gasteiger partial charge in [0.05, 0.1) is 0 Å². The van der Waals surface area contributed by atoms with Crippen molar-refractivity contribution in [3.05, 3.63) is 64.7 Å². The predicted molar refractivity (Wildman–Crippen MR) is 125 cm³/mol. The Balaban J connectivity index is 2.14. The maximum Gasteiger partial charge on any atom is 0.261 e. The van der Waals surface area contributed by atoms with Crippen molar-refractivity contribution in [1.82, 2.24) is 10.2 Å². The highest BCUT2D eigenvalue weighted by atomic mass is 35.5. The zero-order valence-electron chi connectivity index (χ0n) is 18.7. The smallest absolute Gasteiger partial charge is 0.261 e. The molecule has 1 N–H and O–H groups in total. The van der Waals surface area contributed by atoms with E-state index >= 15 is 0 Å². The number of carbonyl (C=O) groups excluding carboxylic acids is 2. The molecule has 168 valence electrons. The molecule has 5 nitrogen and oxygen atoms in total. The Hall–Kier alpha value is -2.53. The van der Waals surface area contributed by atoms with Crippen LogP contribution in [0, 0.1) is 0 Å². The second-order valence-electron chi connectivity index (χ2n) is 7.50. The first-order valence-electron chi connectivity index (χ1n) is 11.0. The second kappa shape index (κ2) is 13.0. The Morgan fingerprint density at radius 2 is 1.65 bits per heavy atom. The number of nitrogens with zero attached hydrogens (tertiary/aromatic N) is 1. The zero-order chi connectivity index (χ0) is 22.6. The van der Waals surface area contributed by atoms with Crippen LogP contribution in [0.5, 0.6) is 5.75 Å². The minimum atomic E-state index is -0.564. The fourth-order valence-corrected chi connectivity index (χ4v) is 3.39. The highest BCUT2D eigenvalue weighted by Gasteiger charge is 2.28. The molecular weight excluding hydrogens is 412 g/mol. The Kier molecular flexibility index (Phi) is 10.4. The monoisotopic (exact) mass is 444 g/mol. The number of hydrogen-bond acceptors (Lipinski definition) is 3. The largest absolute Gasteiger partial charge is 0.484 e. The third-order valence-corrected chi connectivity index (χ3v) is 5.43. The molecule has 2 aromatic rings. The van der Waals surface area contributed by atoms with Crippen LogP contribution in [0.1, 0.15) is 51.2 Å². The van der Waals surface area contributed by atoms with Gasteiger partial charge in [-0.25, -0.2) is 0 Å².